The smallest absolute Gasteiger partial charge is 0.338 e. The fourth-order valence-electron chi connectivity index (χ4n) is 11.4. The molecule has 5 fully saturated rings. The number of carbonyl (C=O) groups excluding carboxylic acids is 3. The molecule has 103 heavy (non-hydrogen) atoms. The molecule has 11 rings (SSSR count). The molecule has 0 aromatic heterocycles. The number of esters is 3. The number of aliphatic hydroxyl groups excluding tert-OH is 15. The molecule has 19 N–H and O–H groups in total. The van der Waals surface area contributed by atoms with E-state index in [4.69, 9.17) is 66.0 Å². The number of aliphatic hydroxyl groups is 15. The molecule has 37 heteroatoms. The molecular formula is C66H72O37. The molecule has 0 saturated carbocycles. The highest BCUT2D eigenvalue weighted by Gasteiger charge is 2.51. The molecule has 1 aliphatic carbocycles. The lowest BCUT2D eigenvalue weighted by atomic mass is 9.98. The predicted octanol–water partition coefficient (Wildman–Crippen LogP) is -4.61. The summed E-state index contributed by atoms with van der Waals surface area (Å²) in [5.41, 5.74) is -1.68. The van der Waals surface area contributed by atoms with E-state index in [1.807, 2.05) is 0 Å². The molecule has 6 aliphatic heterocycles. The summed E-state index contributed by atoms with van der Waals surface area (Å²) in [7, 11) is 0. The number of ether oxygens (including phenoxy) is 13. The first-order valence-electron chi connectivity index (χ1n) is 31.6. The Bertz CT molecular complexity index is 3910. The van der Waals surface area contributed by atoms with Crippen LogP contribution in [0.4, 0.5) is 0 Å². The number of hydrogen-bond acceptors (Lipinski definition) is 37. The lowest BCUT2D eigenvalue weighted by Gasteiger charge is -2.42. The molecule has 25 atom stereocenters. The Morgan fingerprint density at radius 2 is 0.738 bits per heavy atom. The highest BCUT2D eigenvalue weighted by Crippen LogP contribution is 2.45. The van der Waals surface area contributed by atoms with Gasteiger partial charge in [0.05, 0.1) is 35.0 Å². The first-order chi connectivity index (χ1) is 48.9. The van der Waals surface area contributed by atoms with Crippen LogP contribution in [0.5, 0.6) is 46.0 Å². The summed E-state index contributed by atoms with van der Waals surface area (Å²) < 4.78 is 78.9. The first kappa shape index (κ1) is 75.4. The minimum Gasteiger partial charge on any atom is -0.508 e. The van der Waals surface area contributed by atoms with Crippen molar-refractivity contribution in [3.8, 4) is 68.6 Å². The van der Waals surface area contributed by atoms with Crippen LogP contribution in [0.25, 0.3) is 22.6 Å². The molecule has 0 radical (unpaired) electrons. The van der Waals surface area contributed by atoms with Gasteiger partial charge in [0.1, 0.15) is 165 Å². The minimum atomic E-state index is -2.07. The van der Waals surface area contributed by atoms with Crippen molar-refractivity contribution in [3.05, 3.63) is 130 Å². The molecule has 0 spiro atoms. The first-order valence-corrected chi connectivity index (χ1v) is 31.6. The van der Waals surface area contributed by atoms with Crippen LogP contribution in [0.15, 0.2) is 112 Å². The van der Waals surface area contributed by atoms with Crippen molar-refractivity contribution in [2.75, 3.05) is 26.4 Å². The summed E-state index contributed by atoms with van der Waals surface area (Å²) in [5, 5.41) is 201. The van der Waals surface area contributed by atoms with E-state index in [2.05, 4.69) is 0 Å². The number of phenols is 4. The molecule has 0 amide bonds. The highest BCUT2D eigenvalue weighted by atomic mass is 16.7. The molecule has 4 aromatic rings. The highest BCUT2D eigenvalue weighted by molar-refractivity contribution is 5.90. The number of benzene rings is 5. The average Bonchev–Trinajstić information content (AvgIpc) is 0.761. The molecule has 4 aromatic carbocycles. The lowest BCUT2D eigenvalue weighted by molar-refractivity contribution is -0.318. The van der Waals surface area contributed by atoms with Gasteiger partial charge < -0.3 is 163 Å². The summed E-state index contributed by atoms with van der Waals surface area (Å²) in [6.45, 7) is -1.41. The zero-order valence-corrected chi connectivity index (χ0v) is 53.4. The van der Waals surface area contributed by atoms with Crippen LogP contribution < -0.4 is 24.4 Å². The van der Waals surface area contributed by atoms with E-state index in [1.165, 1.54) is 79.7 Å². The Balaban J connectivity index is 0.688. The van der Waals surface area contributed by atoms with Crippen molar-refractivity contribution in [1.82, 2.24) is 0 Å². The second-order valence-corrected chi connectivity index (χ2v) is 24.6. The van der Waals surface area contributed by atoms with Gasteiger partial charge in [0.2, 0.25) is 25.2 Å². The van der Waals surface area contributed by atoms with E-state index in [-0.39, 0.29) is 50.8 Å². The topological polar surface area (TPSA) is 586 Å². The molecule has 0 unspecified atom stereocenters. The van der Waals surface area contributed by atoms with Crippen molar-refractivity contribution < 1.29 is 177 Å². The Hall–Kier alpha value is -8.72. The van der Waals surface area contributed by atoms with Crippen LogP contribution in [0, 0.1) is 0 Å². The molecule has 6 heterocycles. The standard InChI is InChI=1S/C66H72O37/c1-23-42(71)48(77)53(82)62(94-23)93-22-41-47(76)52(81)57(86)66(103-41)99-37-18-32-33(68)16-31(17-36(32)98-58(37)27-14-34(69)43(72)35(70)15-27)97-65-56(85)51(80)46(75)40(102-65)21-92-61(89)26-6-12-30(13-7-26)96-64-55(84)50(79)45(74)39(101-64)20-91-60(88)25-4-10-29(11-5-25)95-63-54(83)49(78)44(73)38(100-63)19-90-59(87)24-2-8-28(67)9-3-24/h2-18,23,38-42,44-57,62-67,69-86H,19-22H2,1H3/t23-,38-,39-,40-,41-,42-,44-,45-,46-,47-,48+,49+,50+,51+,52+,53+,54-,55-,56-,57-,62-,63-,64-,65-,66-/m1/s1. The molecule has 7 aliphatic rings. The Morgan fingerprint density at radius 1 is 0.379 bits per heavy atom. The van der Waals surface area contributed by atoms with E-state index in [0.29, 0.717) is 0 Å². The zero-order valence-electron chi connectivity index (χ0n) is 53.4. The number of hydrogen-bond donors (Lipinski definition) is 19. The van der Waals surface area contributed by atoms with Crippen molar-refractivity contribution >= 4 is 17.9 Å². The van der Waals surface area contributed by atoms with Crippen molar-refractivity contribution in [2.45, 2.75) is 160 Å². The normalized spacial score (nSPS) is 33.8. The van der Waals surface area contributed by atoms with E-state index >= 15 is 0 Å². The molecule has 0 bridgehead atoms. The summed E-state index contributed by atoms with van der Waals surface area (Å²) in [6.07, 6.45) is -43.9. The Labute approximate surface area is 579 Å². The maximum atomic E-state index is 13.9. The summed E-state index contributed by atoms with van der Waals surface area (Å²) >= 11 is 0. The predicted molar refractivity (Wildman–Crippen MR) is 331 cm³/mol. The minimum absolute atomic E-state index is 0.0102. The summed E-state index contributed by atoms with van der Waals surface area (Å²) in [4.78, 5) is 52.9. The third-order valence-corrected chi connectivity index (χ3v) is 17.4. The number of fused-ring (bicyclic) bond motifs is 1. The Kier molecular flexibility index (Phi) is 23.2. The largest absolute Gasteiger partial charge is 0.508 e. The fourth-order valence-corrected chi connectivity index (χ4v) is 11.4. The van der Waals surface area contributed by atoms with Gasteiger partial charge in [-0.1, -0.05) is 0 Å². The quantitative estimate of drug-likeness (QED) is 0.0183. The van der Waals surface area contributed by atoms with Crippen LogP contribution in [0.1, 0.15) is 38.0 Å². The van der Waals surface area contributed by atoms with E-state index in [0.717, 1.165) is 30.3 Å². The zero-order chi connectivity index (χ0) is 74.2. The average molecular weight is 1460 g/mol. The van der Waals surface area contributed by atoms with Crippen molar-refractivity contribution in [1.29, 1.82) is 0 Å². The number of carbonyl (C=O) groups is 3. The molecular weight excluding hydrogens is 1380 g/mol. The molecule has 5 saturated heterocycles. The van der Waals surface area contributed by atoms with Gasteiger partial charge in [-0.2, -0.15) is 0 Å². The van der Waals surface area contributed by atoms with Crippen molar-refractivity contribution in [3.63, 3.8) is 0 Å². The Morgan fingerprint density at radius 3 is 1.16 bits per heavy atom. The van der Waals surface area contributed by atoms with E-state index in [9.17, 15) is 116 Å². The monoisotopic (exact) mass is 1460 g/mol. The van der Waals surface area contributed by atoms with Crippen molar-refractivity contribution in [2.24, 2.45) is 0 Å². The van der Waals surface area contributed by atoms with Crippen LogP contribution in [-0.2, 0) is 42.6 Å². The van der Waals surface area contributed by atoms with Gasteiger partial charge in [0.25, 0.3) is 0 Å². The number of aromatic hydroxyl groups is 4. The van der Waals surface area contributed by atoms with Crippen LogP contribution >= 0.6 is 0 Å². The molecule has 558 valence electrons. The lowest BCUT2D eigenvalue weighted by Crippen LogP contribution is -2.61. The van der Waals surface area contributed by atoms with E-state index < -0.39 is 238 Å². The third-order valence-electron chi connectivity index (χ3n) is 17.4. The van der Waals surface area contributed by atoms with Crippen LogP contribution in [0.3, 0.4) is 0 Å². The van der Waals surface area contributed by atoms with E-state index in [1.54, 1.807) is 0 Å². The van der Waals surface area contributed by atoms with Crippen LogP contribution in [0.2, 0.25) is 0 Å². The van der Waals surface area contributed by atoms with Gasteiger partial charge in [-0.25, -0.2) is 14.4 Å². The fraction of sp³-hybridized carbons (Fsp3) is 0.455. The number of rotatable bonds is 21. The second kappa shape index (κ2) is 31.7. The van der Waals surface area contributed by atoms with Gasteiger partial charge in [-0.05, 0) is 97.9 Å². The second-order valence-electron chi connectivity index (χ2n) is 24.6. The molecule has 37 nitrogen and oxygen atoms in total. The maximum absolute atomic E-state index is 13.9. The van der Waals surface area contributed by atoms with Gasteiger partial charge >= 0.3 is 17.9 Å². The van der Waals surface area contributed by atoms with Gasteiger partial charge in [0, 0.05) is 17.7 Å². The maximum Gasteiger partial charge on any atom is 0.338 e. The van der Waals surface area contributed by atoms with Gasteiger partial charge in [0.15, 0.2) is 40.5 Å². The van der Waals surface area contributed by atoms with Gasteiger partial charge in [-0.15, -0.1) is 0 Å². The van der Waals surface area contributed by atoms with Gasteiger partial charge in [-0.3, -0.25) is 4.79 Å². The number of phenolic OH excluding ortho intramolecular Hbond substituents is 4. The summed E-state index contributed by atoms with van der Waals surface area (Å²) in [5.74, 6) is -7.58. The van der Waals surface area contributed by atoms with Crippen LogP contribution in [-0.4, -0.2) is 295 Å². The third kappa shape index (κ3) is 16.5. The summed E-state index contributed by atoms with van der Waals surface area (Å²) in [6, 6.07) is 19.6. The SMILES string of the molecule is C[C@H]1O[C@@H](OC[C@H]2O[C@@H](Oc3cc4c(=O)cc(O[C@@H]5O[C@H](COC(=O)c6ccc(O[C@@H]7O[C@H](COC(=O)c8ccc(O[C@@H]9O[C@H](COC(=O)c%10ccc(O)cc%10)[C@@H](O)[C@H](O)[C@H]9O)cc8)[C@@H](O)[C@H](O)[C@H]7O)cc6)[C@@H](O)[C@H](O)[C@H]5O)cc-4oc3-c3cc(O)c(O)c(O)c3)[C@H](O)[C@@H](O)[C@@H]2O)[C@@H](O)[C@@H](O)[C@@H]1O.